The number of hydrogen-bond donors (Lipinski definition) is 1. The van der Waals surface area contributed by atoms with Crippen molar-refractivity contribution in [2.24, 2.45) is 0 Å². The Morgan fingerprint density at radius 3 is 2.58 bits per heavy atom. The van der Waals surface area contributed by atoms with Gasteiger partial charge in [-0.2, -0.15) is 0 Å². The quantitative estimate of drug-likeness (QED) is 0.779. The Morgan fingerprint density at radius 1 is 1.37 bits per heavy atom. The summed E-state index contributed by atoms with van der Waals surface area (Å²) in [5, 5.41) is 2.69. The average molecular weight is 271 g/mol. The molecule has 1 saturated carbocycles. The summed E-state index contributed by atoms with van der Waals surface area (Å²) in [5.41, 5.74) is -0.571. The van der Waals surface area contributed by atoms with E-state index in [-0.39, 0.29) is 12.2 Å². The molecule has 0 aromatic carbocycles. The van der Waals surface area contributed by atoms with Crippen molar-refractivity contribution in [1.29, 1.82) is 0 Å². The van der Waals surface area contributed by atoms with Crippen LogP contribution in [0.15, 0.2) is 0 Å². The third-order valence-electron chi connectivity index (χ3n) is 2.97. The Kier molecular flexibility index (Phi) is 3.35. The van der Waals surface area contributed by atoms with Crippen LogP contribution in [0.1, 0.15) is 41.0 Å². The van der Waals surface area contributed by atoms with Crippen LogP contribution in [-0.2, 0) is 19.0 Å². The molecular formula is C13H21NO5. The smallest absolute Gasteiger partial charge is 0.407 e. The van der Waals surface area contributed by atoms with E-state index in [1.165, 1.54) is 0 Å². The monoisotopic (exact) mass is 271 g/mol. The molecule has 1 amide bonds. The topological polar surface area (TPSA) is 73.9 Å². The van der Waals surface area contributed by atoms with Crippen molar-refractivity contribution in [2.75, 3.05) is 0 Å². The van der Waals surface area contributed by atoms with Crippen LogP contribution in [0.25, 0.3) is 0 Å². The average Bonchev–Trinajstić information content (AvgIpc) is 2.61. The number of rotatable bonds is 1. The highest BCUT2D eigenvalue weighted by Crippen LogP contribution is 2.36. The van der Waals surface area contributed by atoms with Crippen LogP contribution in [-0.4, -0.2) is 41.5 Å². The van der Waals surface area contributed by atoms with Crippen molar-refractivity contribution in [1.82, 2.24) is 5.32 Å². The van der Waals surface area contributed by atoms with Gasteiger partial charge in [-0.25, -0.2) is 4.79 Å². The number of carbonyl (C=O) groups excluding carboxylic acids is 2. The normalized spacial score (nSPS) is 33.1. The van der Waals surface area contributed by atoms with E-state index in [2.05, 4.69) is 5.32 Å². The van der Waals surface area contributed by atoms with Gasteiger partial charge in [-0.3, -0.25) is 4.79 Å². The van der Waals surface area contributed by atoms with Crippen molar-refractivity contribution in [3.8, 4) is 0 Å². The zero-order valence-corrected chi connectivity index (χ0v) is 12.0. The van der Waals surface area contributed by atoms with Crippen LogP contribution in [0.5, 0.6) is 0 Å². The first kappa shape index (κ1) is 14.3. The summed E-state index contributed by atoms with van der Waals surface area (Å²) >= 11 is 0. The number of ether oxygens (including phenoxy) is 3. The third kappa shape index (κ3) is 3.25. The van der Waals surface area contributed by atoms with E-state index < -0.39 is 35.7 Å². The number of ketones is 1. The molecule has 1 N–H and O–H groups in total. The van der Waals surface area contributed by atoms with E-state index in [9.17, 15) is 9.59 Å². The minimum Gasteiger partial charge on any atom is -0.444 e. The zero-order valence-electron chi connectivity index (χ0n) is 12.0. The highest BCUT2D eigenvalue weighted by molar-refractivity contribution is 5.88. The van der Waals surface area contributed by atoms with Crippen molar-refractivity contribution in [2.45, 2.75) is 70.7 Å². The molecule has 0 radical (unpaired) electrons. The maximum atomic E-state index is 11.8. The number of fused-ring (bicyclic) bond motifs is 1. The lowest BCUT2D eigenvalue weighted by Crippen LogP contribution is -2.45. The second-order valence-corrected chi connectivity index (χ2v) is 6.44. The summed E-state index contributed by atoms with van der Waals surface area (Å²) in [6.07, 6.45) is -1.35. The number of Topliss-reactive ketones (excluding diaryl/α,β-unsaturated/α-hetero) is 1. The summed E-state index contributed by atoms with van der Waals surface area (Å²) < 4.78 is 16.4. The predicted octanol–water partition coefficient (Wildman–Crippen LogP) is 1.37. The lowest BCUT2D eigenvalue weighted by atomic mass is 10.2. The van der Waals surface area contributed by atoms with Gasteiger partial charge in [-0.15, -0.1) is 0 Å². The third-order valence-corrected chi connectivity index (χ3v) is 2.97. The molecule has 0 aromatic rings. The summed E-state index contributed by atoms with van der Waals surface area (Å²) in [6.45, 7) is 8.86. The van der Waals surface area contributed by atoms with Crippen LogP contribution in [0.2, 0.25) is 0 Å². The molecule has 6 nitrogen and oxygen atoms in total. The highest BCUT2D eigenvalue weighted by Gasteiger charge is 2.54. The molecule has 1 saturated heterocycles. The predicted molar refractivity (Wildman–Crippen MR) is 66.6 cm³/mol. The molecule has 1 aliphatic carbocycles. The molecular weight excluding hydrogens is 250 g/mol. The van der Waals surface area contributed by atoms with E-state index in [1.54, 1.807) is 34.6 Å². The van der Waals surface area contributed by atoms with Gasteiger partial charge in [-0.1, -0.05) is 0 Å². The Balaban J connectivity index is 1.99. The second-order valence-electron chi connectivity index (χ2n) is 6.44. The summed E-state index contributed by atoms with van der Waals surface area (Å²) in [7, 11) is 0. The van der Waals surface area contributed by atoms with E-state index >= 15 is 0 Å². The SMILES string of the molecule is CC(C)(C)OC(=O)N[C@@H]1CC(=O)[C@H]2OC(C)(C)O[C@H]21. The van der Waals surface area contributed by atoms with Crippen LogP contribution >= 0.6 is 0 Å². The van der Waals surface area contributed by atoms with E-state index in [0.717, 1.165) is 0 Å². The Morgan fingerprint density at radius 2 is 2.00 bits per heavy atom. The summed E-state index contributed by atoms with van der Waals surface area (Å²) in [4.78, 5) is 23.6. The maximum Gasteiger partial charge on any atom is 0.407 e. The molecule has 0 bridgehead atoms. The molecule has 2 aliphatic rings. The zero-order chi connectivity index (χ0) is 14.4. The van der Waals surface area contributed by atoms with Gasteiger partial charge in [0.25, 0.3) is 0 Å². The van der Waals surface area contributed by atoms with Gasteiger partial charge < -0.3 is 19.5 Å². The number of amides is 1. The molecule has 108 valence electrons. The molecule has 1 aliphatic heterocycles. The lowest BCUT2D eigenvalue weighted by Gasteiger charge is -2.24. The largest absolute Gasteiger partial charge is 0.444 e. The molecule has 19 heavy (non-hydrogen) atoms. The number of nitrogens with one attached hydrogen (secondary N) is 1. The maximum absolute atomic E-state index is 11.8. The molecule has 0 spiro atoms. The summed E-state index contributed by atoms with van der Waals surface area (Å²) in [5.74, 6) is -0.837. The van der Waals surface area contributed by atoms with Crippen molar-refractivity contribution >= 4 is 11.9 Å². The van der Waals surface area contributed by atoms with Crippen LogP contribution < -0.4 is 5.32 Å². The highest BCUT2D eigenvalue weighted by atomic mass is 16.8. The lowest BCUT2D eigenvalue weighted by molar-refractivity contribution is -0.161. The number of carbonyl (C=O) groups is 2. The van der Waals surface area contributed by atoms with Gasteiger partial charge in [0.05, 0.1) is 6.04 Å². The fourth-order valence-corrected chi connectivity index (χ4v) is 2.37. The minimum absolute atomic E-state index is 0.0448. The molecule has 2 rings (SSSR count). The number of alkyl carbamates (subject to hydrolysis) is 1. The fourth-order valence-electron chi connectivity index (χ4n) is 2.37. The number of hydrogen-bond acceptors (Lipinski definition) is 5. The molecule has 1 heterocycles. The molecule has 3 atom stereocenters. The molecule has 2 fully saturated rings. The molecule has 0 aromatic heterocycles. The Labute approximate surface area is 112 Å². The van der Waals surface area contributed by atoms with Crippen LogP contribution in [0, 0.1) is 0 Å². The van der Waals surface area contributed by atoms with Gasteiger partial charge in [0.15, 0.2) is 11.6 Å². The Bertz CT molecular complexity index is 398. The van der Waals surface area contributed by atoms with Crippen molar-refractivity contribution < 1.29 is 23.8 Å². The van der Waals surface area contributed by atoms with Crippen molar-refractivity contribution in [3.05, 3.63) is 0 Å². The van der Waals surface area contributed by atoms with Gasteiger partial charge in [-0.05, 0) is 34.6 Å². The van der Waals surface area contributed by atoms with Crippen LogP contribution in [0.3, 0.4) is 0 Å². The Hall–Kier alpha value is -1.14. The van der Waals surface area contributed by atoms with Gasteiger partial charge in [0, 0.05) is 6.42 Å². The second kappa shape index (κ2) is 4.45. The minimum atomic E-state index is -0.792. The molecule has 0 unspecified atom stereocenters. The standard InChI is InChI=1S/C13H21NO5/c1-12(2,3)19-11(16)14-7-6-8(15)10-9(7)17-13(4,5)18-10/h7,9-10H,6H2,1-5H3,(H,14,16)/t7-,9+,10-/m1/s1. The van der Waals surface area contributed by atoms with E-state index in [0.29, 0.717) is 0 Å². The van der Waals surface area contributed by atoms with E-state index in [4.69, 9.17) is 14.2 Å². The first-order valence-electron chi connectivity index (χ1n) is 6.45. The van der Waals surface area contributed by atoms with Crippen molar-refractivity contribution in [3.63, 3.8) is 0 Å². The van der Waals surface area contributed by atoms with Gasteiger partial charge >= 0.3 is 6.09 Å². The van der Waals surface area contributed by atoms with Gasteiger partial charge in [0.1, 0.15) is 17.8 Å². The van der Waals surface area contributed by atoms with Gasteiger partial charge in [0.2, 0.25) is 0 Å². The molecule has 6 heteroatoms. The van der Waals surface area contributed by atoms with E-state index in [1.807, 2.05) is 0 Å². The fraction of sp³-hybridized carbons (Fsp3) is 0.846. The van der Waals surface area contributed by atoms with Crippen LogP contribution in [0.4, 0.5) is 4.79 Å². The summed E-state index contributed by atoms with van der Waals surface area (Å²) in [6, 6.07) is -0.394. The first-order chi connectivity index (χ1) is 8.57. The first-order valence-corrected chi connectivity index (χ1v) is 6.45.